The number of aliphatic hydroxyl groups excluding tert-OH is 1. The van der Waals surface area contributed by atoms with Gasteiger partial charge in [0.05, 0.1) is 11.5 Å². The van der Waals surface area contributed by atoms with Crippen LogP contribution >= 0.6 is 11.3 Å². The normalized spacial score (nSPS) is 25.4. The fourth-order valence-corrected chi connectivity index (χ4v) is 6.96. The van der Waals surface area contributed by atoms with E-state index in [2.05, 4.69) is 55.4 Å². The van der Waals surface area contributed by atoms with Gasteiger partial charge < -0.3 is 10.0 Å². The van der Waals surface area contributed by atoms with Gasteiger partial charge in [-0.2, -0.15) is 0 Å². The Morgan fingerprint density at radius 3 is 2.55 bits per heavy atom. The molecule has 3 saturated heterocycles. The fourth-order valence-electron chi connectivity index (χ4n) is 6.05. The van der Waals surface area contributed by atoms with Gasteiger partial charge in [-0.1, -0.05) is 30.3 Å². The average Bonchev–Trinajstić information content (AvgIpc) is 3.60. The summed E-state index contributed by atoms with van der Waals surface area (Å²) in [4.78, 5) is 17.9. The Bertz CT molecular complexity index is 1070. The van der Waals surface area contributed by atoms with Crippen LogP contribution in [0.15, 0.2) is 42.0 Å². The van der Waals surface area contributed by atoms with Crippen molar-refractivity contribution < 1.29 is 5.11 Å². The van der Waals surface area contributed by atoms with Crippen molar-refractivity contribution in [3.05, 3.63) is 42.0 Å². The molecule has 0 unspecified atom stereocenters. The average molecular weight is 464 g/mol. The zero-order valence-electron chi connectivity index (χ0n) is 19.1. The Morgan fingerprint density at radius 2 is 1.76 bits per heavy atom. The van der Waals surface area contributed by atoms with Crippen molar-refractivity contribution in [2.75, 3.05) is 50.7 Å². The molecule has 0 radical (unpaired) electrons. The summed E-state index contributed by atoms with van der Waals surface area (Å²) in [6.45, 7) is 7.37. The van der Waals surface area contributed by atoms with E-state index in [9.17, 15) is 5.11 Å². The zero-order valence-corrected chi connectivity index (χ0v) is 20.0. The third-order valence-corrected chi connectivity index (χ3v) is 8.70. The van der Waals surface area contributed by atoms with Crippen LogP contribution in [-0.4, -0.2) is 82.8 Å². The summed E-state index contributed by atoms with van der Waals surface area (Å²) in [6, 6.07) is 10.9. The monoisotopic (exact) mass is 463 g/mol. The van der Waals surface area contributed by atoms with Crippen LogP contribution in [0.25, 0.3) is 21.3 Å². The Hall–Kier alpha value is -2.06. The third kappa shape index (κ3) is 4.28. The van der Waals surface area contributed by atoms with Crippen molar-refractivity contribution in [3.63, 3.8) is 0 Å². The first-order valence-corrected chi connectivity index (χ1v) is 13.3. The first-order valence-electron chi connectivity index (χ1n) is 12.4. The number of likely N-dealkylation sites (tertiary alicyclic amines) is 2. The molecular weight excluding hydrogens is 430 g/mol. The Labute approximate surface area is 199 Å². The quantitative estimate of drug-likeness (QED) is 0.623. The third-order valence-electron chi connectivity index (χ3n) is 7.81. The Balaban J connectivity index is 1.12. The molecule has 0 spiro atoms. The molecule has 6 nitrogen and oxygen atoms in total. The summed E-state index contributed by atoms with van der Waals surface area (Å²) in [5.74, 6) is 1.78. The van der Waals surface area contributed by atoms with Gasteiger partial charge in [0.15, 0.2) is 0 Å². The highest BCUT2D eigenvalue weighted by Crippen LogP contribution is 2.38. The summed E-state index contributed by atoms with van der Waals surface area (Å²) >= 11 is 1.71. The molecule has 3 fully saturated rings. The molecule has 0 aliphatic carbocycles. The number of rotatable bonds is 5. The number of benzene rings is 1. The maximum atomic E-state index is 10.6. The topological polar surface area (TPSA) is 55.7 Å². The van der Waals surface area contributed by atoms with Crippen LogP contribution in [0.3, 0.4) is 0 Å². The predicted octanol–water partition coefficient (Wildman–Crippen LogP) is 3.72. The molecular formula is C26H33N5OS. The molecule has 3 aliphatic rings. The van der Waals surface area contributed by atoms with Gasteiger partial charge in [-0.3, -0.25) is 9.80 Å². The summed E-state index contributed by atoms with van der Waals surface area (Å²) < 4.78 is 0. The predicted molar refractivity (Wildman–Crippen MR) is 135 cm³/mol. The second kappa shape index (κ2) is 9.29. The lowest BCUT2D eigenvalue weighted by atomic mass is 9.96. The van der Waals surface area contributed by atoms with E-state index in [1.165, 1.54) is 42.2 Å². The van der Waals surface area contributed by atoms with Crippen LogP contribution in [0, 0.1) is 5.92 Å². The van der Waals surface area contributed by atoms with Crippen LogP contribution in [0.1, 0.15) is 25.7 Å². The minimum Gasteiger partial charge on any atom is -0.390 e. The number of piperidine rings is 1. The van der Waals surface area contributed by atoms with E-state index in [-0.39, 0.29) is 6.10 Å². The molecule has 0 bridgehead atoms. The van der Waals surface area contributed by atoms with Crippen molar-refractivity contribution in [3.8, 4) is 11.1 Å². The zero-order chi connectivity index (χ0) is 22.2. The van der Waals surface area contributed by atoms with Gasteiger partial charge in [-0.15, -0.1) is 11.3 Å². The minimum absolute atomic E-state index is 0.188. The van der Waals surface area contributed by atoms with Crippen molar-refractivity contribution in [1.29, 1.82) is 0 Å². The molecule has 1 aromatic carbocycles. The van der Waals surface area contributed by atoms with Crippen LogP contribution in [-0.2, 0) is 0 Å². The maximum absolute atomic E-state index is 10.6. The van der Waals surface area contributed by atoms with Crippen molar-refractivity contribution in [2.45, 2.75) is 37.8 Å². The highest BCUT2D eigenvalue weighted by molar-refractivity contribution is 7.17. The first kappa shape index (κ1) is 21.5. The highest BCUT2D eigenvalue weighted by Gasteiger charge is 2.37. The van der Waals surface area contributed by atoms with E-state index in [1.54, 1.807) is 17.7 Å². The number of anilines is 1. The summed E-state index contributed by atoms with van der Waals surface area (Å²) in [7, 11) is 0. The van der Waals surface area contributed by atoms with Gasteiger partial charge in [-0.05, 0) is 50.3 Å². The molecule has 33 heavy (non-hydrogen) atoms. The molecule has 0 saturated carbocycles. The molecule has 6 rings (SSSR count). The van der Waals surface area contributed by atoms with Crippen LogP contribution in [0.5, 0.6) is 0 Å². The molecule has 2 aromatic heterocycles. The van der Waals surface area contributed by atoms with E-state index < -0.39 is 0 Å². The van der Waals surface area contributed by atoms with E-state index >= 15 is 0 Å². The summed E-state index contributed by atoms with van der Waals surface area (Å²) in [6.07, 6.45) is 6.46. The molecule has 0 amide bonds. The Morgan fingerprint density at radius 1 is 0.970 bits per heavy atom. The largest absolute Gasteiger partial charge is 0.390 e. The van der Waals surface area contributed by atoms with Crippen LogP contribution < -0.4 is 4.90 Å². The van der Waals surface area contributed by atoms with Gasteiger partial charge in [0.1, 0.15) is 17.0 Å². The SMILES string of the molecule is O[C@H]1CN(CC2CCN(c3ncnc4scc(-c5ccccc5)c34)CC2)C[C@@H]1N1CCCC1. The molecule has 2 atom stereocenters. The second-order valence-electron chi connectivity index (χ2n) is 9.92. The van der Waals surface area contributed by atoms with Gasteiger partial charge in [0, 0.05) is 49.7 Å². The van der Waals surface area contributed by atoms with Crippen LogP contribution in [0.2, 0.25) is 0 Å². The second-order valence-corrected chi connectivity index (χ2v) is 10.8. The van der Waals surface area contributed by atoms with Gasteiger partial charge in [-0.25, -0.2) is 9.97 Å². The van der Waals surface area contributed by atoms with Crippen LogP contribution in [0.4, 0.5) is 5.82 Å². The Kier molecular flexibility index (Phi) is 6.05. The molecule has 5 heterocycles. The number of β-amino-alcohol motifs (C(OH)–C–C–N with tert-alkyl or cyclic N) is 1. The van der Waals surface area contributed by atoms with Gasteiger partial charge >= 0.3 is 0 Å². The number of aromatic nitrogens is 2. The maximum Gasteiger partial charge on any atom is 0.141 e. The lowest BCUT2D eigenvalue weighted by Gasteiger charge is -2.35. The van der Waals surface area contributed by atoms with Gasteiger partial charge in [0.2, 0.25) is 0 Å². The summed E-state index contributed by atoms with van der Waals surface area (Å²) in [5.41, 5.74) is 2.47. The molecule has 174 valence electrons. The number of fused-ring (bicyclic) bond motifs is 1. The smallest absolute Gasteiger partial charge is 0.141 e. The van der Waals surface area contributed by atoms with E-state index in [1.807, 2.05) is 0 Å². The molecule has 3 aliphatic heterocycles. The number of hydrogen-bond donors (Lipinski definition) is 1. The van der Waals surface area contributed by atoms with Crippen molar-refractivity contribution in [1.82, 2.24) is 19.8 Å². The van der Waals surface area contributed by atoms with Gasteiger partial charge in [0.25, 0.3) is 0 Å². The van der Waals surface area contributed by atoms with E-state index in [4.69, 9.17) is 4.98 Å². The number of nitrogens with zero attached hydrogens (tertiary/aromatic N) is 5. The standard InChI is InChI=1S/C26H33N5OS/c32-23-16-29(15-22(23)30-10-4-5-11-30)14-19-8-12-31(13-9-19)25-24-21(20-6-2-1-3-7-20)17-33-26(24)28-18-27-25/h1-3,6-7,17-19,22-23,32H,4-5,8-16H2/t22-,23-/m0/s1. The lowest BCUT2D eigenvalue weighted by molar-refractivity contribution is 0.0976. The first-order chi connectivity index (χ1) is 16.3. The van der Waals surface area contributed by atoms with E-state index in [0.29, 0.717) is 12.0 Å². The highest BCUT2D eigenvalue weighted by atomic mass is 32.1. The number of thiophene rings is 1. The molecule has 7 heteroatoms. The van der Waals surface area contributed by atoms with Crippen molar-refractivity contribution >= 4 is 27.4 Å². The molecule has 3 aromatic rings. The number of aliphatic hydroxyl groups is 1. The lowest BCUT2D eigenvalue weighted by Crippen LogP contribution is -2.42. The van der Waals surface area contributed by atoms with E-state index in [0.717, 1.165) is 56.5 Å². The minimum atomic E-state index is -0.188. The fraction of sp³-hybridized carbons (Fsp3) is 0.538. The van der Waals surface area contributed by atoms with Crippen molar-refractivity contribution in [2.24, 2.45) is 5.92 Å². The number of hydrogen-bond acceptors (Lipinski definition) is 7. The summed E-state index contributed by atoms with van der Waals surface area (Å²) in [5, 5.41) is 14.1. The molecule has 1 N–H and O–H groups in total.